The summed E-state index contributed by atoms with van der Waals surface area (Å²) in [5.74, 6) is 1.80. The molecule has 3 rings (SSSR count). The molecule has 0 spiro atoms. The summed E-state index contributed by atoms with van der Waals surface area (Å²) in [6.45, 7) is 8.04. The quantitative estimate of drug-likeness (QED) is 0.209. The number of methoxy groups -OCH3 is 1. The van der Waals surface area contributed by atoms with Crippen LogP contribution in [-0.2, 0) is 0 Å². The molecule has 8 nitrogen and oxygen atoms in total. The second-order valence-corrected chi connectivity index (χ2v) is 9.24. The normalized spacial score (nSPS) is 11.9. The third-order valence-electron chi connectivity index (χ3n) is 5.04. The van der Waals surface area contributed by atoms with Crippen molar-refractivity contribution in [2.45, 2.75) is 38.1 Å². The summed E-state index contributed by atoms with van der Waals surface area (Å²) in [6, 6.07) is 9.67. The van der Waals surface area contributed by atoms with E-state index in [0.29, 0.717) is 33.6 Å². The summed E-state index contributed by atoms with van der Waals surface area (Å²) in [5, 5.41) is 20.1. The Balaban J connectivity index is 2.05. The molecule has 0 aliphatic rings. The fraction of sp³-hybridized carbons (Fsp3) is 0.364. The highest BCUT2D eigenvalue weighted by molar-refractivity contribution is 9.10. The first-order valence-corrected chi connectivity index (χ1v) is 11.7. The zero-order chi connectivity index (χ0) is 23.4. The molecule has 2 aromatic carbocycles. The molecule has 10 heteroatoms. The van der Waals surface area contributed by atoms with Gasteiger partial charge in [-0.15, -0.1) is 10.2 Å². The molecule has 1 heterocycles. The van der Waals surface area contributed by atoms with Crippen molar-refractivity contribution in [1.82, 2.24) is 14.8 Å². The first kappa shape index (κ1) is 24.1. The summed E-state index contributed by atoms with van der Waals surface area (Å²) < 4.78 is 13.7. The van der Waals surface area contributed by atoms with Gasteiger partial charge in [0, 0.05) is 15.1 Å². The fourth-order valence-electron chi connectivity index (χ4n) is 3.27. The highest BCUT2D eigenvalue weighted by Crippen LogP contribution is 2.43. The molecule has 170 valence electrons. The zero-order valence-corrected chi connectivity index (χ0v) is 21.0. The monoisotopic (exact) mass is 520 g/mol. The van der Waals surface area contributed by atoms with Gasteiger partial charge in [0.25, 0.3) is 0 Å². The van der Waals surface area contributed by atoms with Crippen LogP contribution in [0.4, 0.5) is 0 Å². The first-order valence-electron chi connectivity index (χ1n) is 10.0. The lowest BCUT2D eigenvalue weighted by atomic mass is 10.1. The fourth-order valence-corrected chi connectivity index (χ4v) is 5.22. The number of halogens is 1. The third-order valence-corrected chi connectivity index (χ3v) is 6.89. The van der Waals surface area contributed by atoms with Crippen molar-refractivity contribution in [3.05, 3.63) is 67.4 Å². The second kappa shape index (κ2) is 10.4. The van der Waals surface area contributed by atoms with Crippen molar-refractivity contribution in [2.24, 2.45) is 0 Å². The van der Waals surface area contributed by atoms with Crippen molar-refractivity contribution < 1.29 is 14.4 Å². The van der Waals surface area contributed by atoms with E-state index in [2.05, 4.69) is 39.1 Å². The molecular formula is C22H25BrN4O4S. The number of aromatic nitrogens is 3. The third kappa shape index (κ3) is 5.24. The number of benzene rings is 2. The van der Waals surface area contributed by atoms with E-state index in [1.807, 2.05) is 37.5 Å². The van der Waals surface area contributed by atoms with Gasteiger partial charge in [-0.1, -0.05) is 33.8 Å². The van der Waals surface area contributed by atoms with Gasteiger partial charge < -0.3 is 9.47 Å². The van der Waals surface area contributed by atoms with Crippen LogP contribution in [0, 0.1) is 30.9 Å². The predicted octanol–water partition coefficient (Wildman–Crippen LogP) is 5.47. The van der Waals surface area contributed by atoms with E-state index < -0.39 is 5.25 Å². The number of nitro groups is 1. The summed E-state index contributed by atoms with van der Waals surface area (Å²) >= 11 is 4.85. The van der Waals surface area contributed by atoms with E-state index >= 15 is 0 Å². The number of ether oxygens (including phenoxy) is 2. The standard InChI is InChI=1S/C22H25BrN4O4S/c1-6-31-20-11-18(23)17(10-19(20)30-5)21(12-26(28)29)32-22-25-24-15(4)27(22)16-8-7-13(2)14(3)9-16/h7-11,21H,6,12H2,1-5H3/t21-/m1/s1. The molecule has 0 saturated heterocycles. The molecule has 0 saturated carbocycles. The minimum Gasteiger partial charge on any atom is -0.493 e. The van der Waals surface area contributed by atoms with Crippen molar-refractivity contribution in [3.63, 3.8) is 0 Å². The Morgan fingerprint density at radius 3 is 2.53 bits per heavy atom. The van der Waals surface area contributed by atoms with Gasteiger partial charge in [0.2, 0.25) is 6.54 Å². The van der Waals surface area contributed by atoms with Crippen molar-refractivity contribution in [1.29, 1.82) is 0 Å². The van der Waals surface area contributed by atoms with Crippen molar-refractivity contribution in [2.75, 3.05) is 20.3 Å². The van der Waals surface area contributed by atoms with Gasteiger partial charge in [0.1, 0.15) is 11.1 Å². The molecule has 0 N–H and O–H groups in total. The lowest BCUT2D eigenvalue weighted by molar-refractivity contribution is -0.479. The Labute approximate surface area is 199 Å². The number of thioether (sulfide) groups is 1. The Morgan fingerprint density at radius 2 is 1.91 bits per heavy atom. The Morgan fingerprint density at radius 1 is 1.16 bits per heavy atom. The van der Waals surface area contributed by atoms with Gasteiger partial charge in [-0.05, 0) is 68.7 Å². The van der Waals surface area contributed by atoms with Gasteiger partial charge >= 0.3 is 0 Å². The highest BCUT2D eigenvalue weighted by atomic mass is 79.9. The smallest absolute Gasteiger partial charge is 0.220 e. The Kier molecular flexibility index (Phi) is 7.78. The number of hydrogen-bond acceptors (Lipinski definition) is 7. The molecule has 3 aromatic rings. The molecule has 1 aromatic heterocycles. The second-order valence-electron chi connectivity index (χ2n) is 7.21. The van der Waals surface area contributed by atoms with Crippen molar-refractivity contribution in [3.8, 4) is 17.2 Å². The minimum atomic E-state index is -0.530. The number of rotatable bonds is 9. The number of aryl methyl sites for hydroxylation is 3. The van der Waals surface area contributed by atoms with Crippen LogP contribution in [0.2, 0.25) is 0 Å². The zero-order valence-electron chi connectivity index (χ0n) is 18.6. The van der Waals surface area contributed by atoms with E-state index in [4.69, 9.17) is 9.47 Å². The summed E-state index contributed by atoms with van der Waals surface area (Å²) in [6.07, 6.45) is 0. The van der Waals surface area contributed by atoms with Crippen LogP contribution in [0.25, 0.3) is 5.69 Å². The molecule has 0 radical (unpaired) electrons. The van der Waals surface area contributed by atoms with Crippen LogP contribution >= 0.6 is 27.7 Å². The van der Waals surface area contributed by atoms with E-state index in [1.54, 1.807) is 19.2 Å². The molecule has 0 aliphatic carbocycles. The highest BCUT2D eigenvalue weighted by Gasteiger charge is 2.27. The van der Waals surface area contributed by atoms with Crippen LogP contribution in [0.1, 0.15) is 34.7 Å². The van der Waals surface area contributed by atoms with E-state index in [-0.39, 0.29) is 11.5 Å². The molecular weight excluding hydrogens is 496 g/mol. The van der Waals surface area contributed by atoms with Crippen LogP contribution in [-0.4, -0.2) is 39.9 Å². The summed E-state index contributed by atoms with van der Waals surface area (Å²) in [5.41, 5.74) is 3.97. The van der Waals surface area contributed by atoms with Crippen LogP contribution in [0.5, 0.6) is 11.5 Å². The first-order chi connectivity index (χ1) is 15.2. The molecule has 0 unspecified atom stereocenters. The predicted molar refractivity (Wildman–Crippen MR) is 128 cm³/mol. The Bertz CT molecular complexity index is 1140. The minimum absolute atomic E-state index is 0.292. The topological polar surface area (TPSA) is 92.3 Å². The average Bonchev–Trinajstić information content (AvgIpc) is 3.10. The lowest BCUT2D eigenvalue weighted by Crippen LogP contribution is -2.12. The van der Waals surface area contributed by atoms with E-state index in [0.717, 1.165) is 16.8 Å². The van der Waals surface area contributed by atoms with Crippen molar-refractivity contribution >= 4 is 27.7 Å². The van der Waals surface area contributed by atoms with Gasteiger partial charge in [-0.25, -0.2) is 0 Å². The largest absolute Gasteiger partial charge is 0.493 e. The van der Waals surface area contributed by atoms with Crippen LogP contribution in [0.15, 0.2) is 40.0 Å². The van der Waals surface area contributed by atoms with Gasteiger partial charge in [0.15, 0.2) is 16.7 Å². The summed E-state index contributed by atoms with van der Waals surface area (Å²) in [4.78, 5) is 11.2. The molecule has 0 aliphatic heterocycles. The van der Waals surface area contributed by atoms with Gasteiger partial charge in [0.05, 0.1) is 13.7 Å². The lowest BCUT2D eigenvalue weighted by Gasteiger charge is -2.18. The maximum absolute atomic E-state index is 11.5. The van der Waals surface area contributed by atoms with Gasteiger partial charge in [-0.3, -0.25) is 14.7 Å². The summed E-state index contributed by atoms with van der Waals surface area (Å²) in [7, 11) is 1.55. The van der Waals surface area contributed by atoms with E-state index in [1.165, 1.54) is 17.3 Å². The molecule has 0 fully saturated rings. The average molecular weight is 521 g/mol. The molecule has 0 bridgehead atoms. The SMILES string of the molecule is CCOc1cc(Br)c([C@@H](C[N+](=O)[O-])Sc2nnc(C)n2-c2ccc(C)c(C)c2)cc1OC. The maximum Gasteiger partial charge on any atom is 0.220 e. The maximum atomic E-state index is 11.5. The van der Waals surface area contributed by atoms with Crippen LogP contribution in [0.3, 0.4) is 0 Å². The number of nitrogens with zero attached hydrogens (tertiary/aromatic N) is 4. The van der Waals surface area contributed by atoms with E-state index in [9.17, 15) is 10.1 Å². The van der Waals surface area contributed by atoms with Crippen LogP contribution < -0.4 is 9.47 Å². The molecule has 32 heavy (non-hydrogen) atoms. The Hall–Kier alpha value is -2.59. The number of hydrogen-bond donors (Lipinski definition) is 0. The molecule has 1 atom stereocenters. The van der Waals surface area contributed by atoms with Gasteiger partial charge in [-0.2, -0.15) is 0 Å². The molecule has 0 amide bonds.